The minimum Gasteiger partial charge on any atom is -0.398 e. The average Bonchev–Trinajstić information content (AvgIpc) is 2.79. The zero-order valence-electron chi connectivity index (χ0n) is 10.6. The van der Waals surface area contributed by atoms with E-state index < -0.39 is 0 Å². The summed E-state index contributed by atoms with van der Waals surface area (Å²) < 4.78 is 5.19. The van der Waals surface area contributed by atoms with Gasteiger partial charge >= 0.3 is 0 Å². The van der Waals surface area contributed by atoms with Crippen LogP contribution in [0.2, 0.25) is 0 Å². The lowest BCUT2D eigenvalue weighted by molar-refractivity contribution is 0.384. The summed E-state index contributed by atoms with van der Waals surface area (Å²) in [6, 6.07) is 6.00. The van der Waals surface area contributed by atoms with Crippen molar-refractivity contribution in [2.75, 3.05) is 5.73 Å². The highest BCUT2D eigenvalue weighted by molar-refractivity contribution is 7.98. The van der Waals surface area contributed by atoms with E-state index in [4.69, 9.17) is 10.3 Å². The molecule has 1 aromatic carbocycles. The third-order valence-electron chi connectivity index (χ3n) is 2.50. The van der Waals surface area contributed by atoms with E-state index in [0.717, 1.165) is 29.2 Å². The molecule has 0 amide bonds. The first-order valence-electron chi connectivity index (χ1n) is 5.99. The molecule has 0 atom stereocenters. The van der Waals surface area contributed by atoms with E-state index in [1.54, 1.807) is 11.8 Å². The highest BCUT2D eigenvalue weighted by Gasteiger charge is 2.07. The molecule has 5 heteroatoms. The van der Waals surface area contributed by atoms with Gasteiger partial charge in [-0.25, -0.2) is 0 Å². The van der Waals surface area contributed by atoms with Gasteiger partial charge in [0, 0.05) is 17.0 Å². The van der Waals surface area contributed by atoms with Crippen molar-refractivity contribution in [1.82, 2.24) is 10.1 Å². The predicted molar refractivity (Wildman–Crippen MR) is 73.4 cm³/mol. The lowest BCUT2D eigenvalue weighted by Gasteiger charge is -2.04. The van der Waals surface area contributed by atoms with Gasteiger partial charge in [0.25, 0.3) is 0 Å². The Kier molecular flexibility index (Phi) is 4.25. The lowest BCUT2D eigenvalue weighted by atomic mass is 10.2. The van der Waals surface area contributed by atoms with Crippen LogP contribution in [0.4, 0.5) is 5.69 Å². The van der Waals surface area contributed by atoms with Gasteiger partial charge in [-0.15, -0.1) is 11.8 Å². The first-order valence-corrected chi connectivity index (χ1v) is 6.98. The van der Waals surface area contributed by atoms with Gasteiger partial charge in [0.1, 0.15) is 0 Å². The molecule has 2 aromatic rings. The van der Waals surface area contributed by atoms with Gasteiger partial charge < -0.3 is 10.3 Å². The van der Waals surface area contributed by atoms with Gasteiger partial charge in [-0.2, -0.15) is 4.98 Å². The van der Waals surface area contributed by atoms with Crippen molar-refractivity contribution in [3.05, 3.63) is 35.5 Å². The number of rotatable bonds is 5. The molecular formula is C13H17N3OS. The predicted octanol–water partition coefficient (Wildman–Crippen LogP) is 3.21. The van der Waals surface area contributed by atoms with Crippen molar-refractivity contribution in [3.63, 3.8) is 0 Å². The highest BCUT2D eigenvalue weighted by atomic mass is 32.2. The molecule has 0 saturated heterocycles. The molecule has 1 heterocycles. The average molecular weight is 263 g/mol. The fourth-order valence-corrected chi connectivity index (χ4v) is 2.48. The maximum Gasteiger partial charge on any atom is 0.237 e. The van der Waals surface area contributed by atoms with Crippen LogP contribution < -0.4 is 5.73 Å². The van der Waals surface area contributed by atoms with Crippen LogP contribution in [0, 0.1) is 6.92 Å². The van der Waals surface area contributed by atoms with Crippen LogP contribution in [0.15, 0.2) is 27.6 Å². The zero-order chi connectivity index (χ0) is 13.0. The Bertz CT molecular complexity index is 525. The number of benzene rings is 1. The number of nitrogens with two attached hydrogens (primary N) is 1. The number of nitrogen functional groups attached to an aromatic ring is 1. The fraction of sp³-hybridized carbons (Fsp3) is 0.385. The summed E-state index contributed by atoms with van der Waals surface area (Å²) in [6.45, 7) is 4.15. The Balaban J connectivity index is 1.99. The van der Waals surface area contributed by atoms with Crippen LogP contribution in [-0.4, -0.2) is 10.1 Å². The molecule has 0 saturated carbocycles. The van der Waals surface area contributed by atoms with Crippen molar-refractivity contribution >= 4 is 17.4 Å². The number of aromatic nitrogens is 2. The minimum absolute atomic E-state index is 0.657. The van der Waals surface area contributed by atoms with E-state index in [-0.39, 0.29) is 0 Å². The molecular weight excluding hydrogens is 246 g/mol. The van der Waals surface area contributed by atoms with Crippen LogP contribution >= 0.6 is 11.8 Å². The monoisotopic (exact) mass is 263 g/mol. The number of nitrogens with zero attached hydrogens (tertiary/aromatic N) is 2. The van der Waals surface area contributed by atoms with E-state index in [2.05, 4.69) is 30.1 Å². The quantitative estimate of drug-likeness (QED) is 0.663. The van der Waals surface area contributed by atoms with Gasteiger partial charge in [-0.3, -0.25) is 0 Å². The van der Waals surface area contributed by atoms with E-state index >= 15 is 0 Å². The summed E-state index contributed by atoms with van der Waals surface area (Å²) in [6.07, 6.45) is 1.89. The molecule has 0 aliphatic carbocycles. The van der Waals surface area contributed by atoms with Crippen molar-refractivity contribution in [1.29, 1.82) is 0 Å². The van der Waals surface area contributed by atoms with E-state index in [0.29, 0.717) is 11.6 Å². The van der Waals surface area contributed by atoms with Gasteiger partial charge in [-0.1, -0.05) is 18.1 Å². The summed E-state index contributed by atoms with van der Waals surface area (Å²) >= 11 is 1.62. The second-order valence-electron chi connectivity index (χ2n) is 4.18. The van der Waals surface area contributed by atoms with Crippen molar-refractivity contribution in [2.24, 2.45) is 0 Å². The Hall–Kier alpha value is -1.49. The molecule has 0 unspecified atom stereocenters. The van der Waals surface area contributed by atoms with Crippen LogP contribution in [0.3, 0.4) is 0 Å². The maximum atomic E-state index is 5.92. The largest absolute Gasteiger partial charge is 0.398 e. The Labute approximate surface area is 111 Å². The van der Waals surface area contributed by atoms with Crippen LogP contribution in [0.25, 0.3) is 0 Å². The number of thioether (sulfide) groups is 1. The van der Waals surface area contributed by atoms with Gasteiger partial charge in [-0.05, 0) is 31.0 Å². The molecule has 0 radical (unpaired) electrons. The van der Waals surface area contributed by atoms with Crippen molar-refractivity contribution in [2.45, 2.75) is 37.3 Å². The zero-order valence-corrected chi connectivity index (χ0v) is 11.5. The SMILES string of the molecule is CCCc1noc(CSc2cc(C)ccc2N)n1. The highest BCUT2D eigenvalue weighted by Crippen LogP contribution is 2.28. The standard InChI is InChI=1S/C13H17N3OS/c1-3-4-12-15-13(17-16-12)8-18-11-7-9(2)5-6-10(11)14/h5-7H,3-4,8,14H2,1-2H3. The summed E-state index contributed by atoms with van der Waals surface area (Å²) in [7, 11) is 0. The summed E-state index contributed by atoms with van der Waals surface area (Å²) in [5.41, 5.74) is 7.91. The second-order valence-corrected chi connectivity index (χ2v) is 5.20. The smallest absolute Gasteiger partial charge is 0.237 e. The van der Waals surface area contributed by atoms with Crippen molar-refractivity contribution in [3.8, 4) is 0 Å². The summed E-state index contributed by atoms with van der Waals surface area (Å²) in [4.78, 5) is 5.39. The third-order valence-corrected chi connectivity index (χ3v) is 3.56. The van der Waals surface area contributed by atoms with Crippen LogP contribution in [0.5, 0.6) is 0 Å². The molecule has 0 fully saturated rings. The van der Waals surface area contributed by atoms with Crippen LogP contribution in [-0.2, 0) is 12.2 Å². The molecule has 18 heavy (non-hydrogen) atoms. The van der Waals surface area contributed by atoms with Gasteiger partial charge in [0.15, 0.2) is 5.82 Å². The van der Waals surface area contributed by atoms with E-state index in [9.17, 15) is 0 Å². The number of hydrogen-bond donors (Lipinski definition) is 1. The molecule has 0 bridgehead atoms. The Morgan fingerprint density at radius 3 is 3.00 bits per heavy atom. The molecule has 0 spiro atoms. The van der Waals surface area contributed by atoms with Gasteiger partial charge in [0.05, 0.1) is 5.75 Å². The lowest BCUT2D eigenvalue weighted by Crippen LogP contribution is -1.90. The normalized spacial score (nSPS) is 10.8. The first kappa shape index (κ1) is 13.0. The van der Waals surface area contributed by atoms with Crippen LogP contribution in [0.1, 0.15) is 30.6 Å². The molecule has 2 rings (SSSR count). The molecule has 2 N–H and O–H groups in total. The number of anilines is 1. The first-order chi connectivity index (χ1) is 8.69. The van der Waals surface area contributed by atoms with E-state index in [1.807, 2.05) is 12.1 Å². The molecule has 4 nitrogen and oxygen atoms in total. The topological polar surface area (TPSA) is 64.9 Å². The summed E-state index contributed by atoms with van der Waals surface area (Å²) in [5.74, 6) is 2.10. The van der Waals surface area contributed by atoms with Crippen molar-refractivity contribution < 1.29 is 4.52 Å². The van der Waals surface area contributed by atoms with E-state index in [1.165, 1.54) is 5.56 Å². The number of hydrogen-bond acceptors (Lipinski definition) is 5. The fourth-order valence-electron chi connectivity index (χ4n) is 1.58. The summed E-state index contributed by atoms with van der Waals surface area (Å²) in [5, 5.41) is 3.93. The minimum atomic E-state index is 0.657. The number of aryl methyl sites for hydroxylation is 2. The third kappa shape index (κ3) is 3.26. The Morgan fingerprint density at radius 1 is 1.39 bits per heavy atom. The molecule has 96 valence electrons. The maximum absolute atomic E-state index is 5.92. The molecule has 1 aromatic heterocycles. The molecule has 0 aliphatic heterocycles. The molecule has 0 aliphatic rings. The Morgan fingerprint density at radius 2 is 2.22 bits per heavy atom. The van der Waals surface area contributed by atoms with Gasteiger partial charge in [0.2, 0.25) is 5.89 Å². The second kappa shape index (κ2) is 5.91.